The van der Waals surface area contributed by atoms with Crippen LogP contribution >= 0.6 is 11.3 Å². The molecule has 1 aromatic rings. The number of aryl methyl sites for hydroxylation is 1. The second-order valence-electron chi connectivity index (χ2n) is 9.20. The molecule has 0 aromatic carbocycles. The molecule has 0 saturated carbocycles. The summed E-state index contributed by atoms with van der Waals surface area (Å²) in [7, 11) is 0. The van der Waals surface area contributed by atoms with Crippen LogP contribution in [-0.2, 0) is 14.3 Å². The first-order valence-electron chi connectivity index (χ1n) is 11.5. The molecule has 0 amide bonds. The Morgan fingerprint density at radius 3 is 2.48 bits per heavy atom. The molecule has 2 unspecified atom stereocenters. The van der Waals surface area contributed by atoms with E-state index in [1.54, 1.807) is 25.2 Å². The minimum atomic E-state index is -1.17. The number of carbonyl (C=O) groups is 2. The summed E-state index contributed by atoms with van der Waals surface area (Å²) in [6.45, 7) is 11.0. The maximum Gasteiger partial charge on any atom is 0.309 e. The van der Waals surface area contributed by atoms with Gasteiger partial charge in [-0.2, -0.15) is 0 Å². The fourth-order valence-electron chi connectivity index (χ4n) is 3.89. The normalized spacial score (nSPS) is 33.8. The highest BCUT2D eigenvalue weighted by molar-refractivity contribution is 7.09. The van der Waals surface area contributed by atoms with Crippen molar-refractivity contribution in [2.24, 2.45) is 17.8 Å². The number of hydrogen-bond donors (Lipinski definition) is 2. The lowest BCUT2D eigenvalue weighted by atomic mass is 9.82. The van der Waals surface area contributed by atoms with Crippen LogP contribution in [0.4, 0.5) is 0 Å². The summed E-state index contributed by atoms with van der Waals surface area (Å²) in [4.78, 5) is 29.9. The first kappa shape index (κ1) is 27.2. The number of aliphatic hydroxyl groups excluding tert-OH is 2. The number of rotatable bonds is 2. The molecule has 0 saturated heterocycles. The molecule has 0 fully saturated rings. The quantitative estimate of drug-likeness (QED) is 0.604. The minimum Gasteiger partial charge on any atom is -0.457 e. The molecule has 0 radical (unpaired) electrons. The van der Waals surface area contributed by atoms with E-state index in [0.29, 0.717) is 12.8 Å². The van der Waals surface area contributed by atoms with E-state index in [1.807, 2.05) is 57.4 Å². The fraction of sp³-hybridized carbons (Fsp3) is 0.577. The Hall–Kier alpha value is -2.09. The Labute approximate surface area is 201 Å². The topological polar surface area (TPSA) is 96.7 Å². The van der Waals surface area contributed by atoms with Gasteiger partial charge in [0.2, 0.25) is 0 Å². The Bertz CT molecular complexity index is 916. The third-order valence-corrected chi connectivity index (χ3v) is 7.07. The molecule has 2 heterocycles. The number of ketones is 1. The maximum atomic E-state index is 12.8. The van der Waals surface area contributed by atoms with Gasteiger partial charge in [0, 0.05) is 23.6 Å². The highest BCUT2D eigenvalue weighted by Gasteiger charge is 2.33. The molecule has 0 spiro atoms. The van der Waals surface area contributed by atoms with E-state index in [2.05, 4.69) is 4.98 Å². The van der Waals surface area contributed by atoms with Gasteiger partial charge in [0.05, 0.1) is 29.3 Å². The molecular formula is C26H37NO5S. The van der Waals surface area contributed by atoms with Crippen LogP contribution in [0.15, 0.2) is 34.8 Å². The number of carbonyl (C=O) groups excluding carboxylic acids is 2. The fourth-order valence-corrected chi connectivity index (χ4v) is 4.46. The summed E-state index contributed by atoms with van der Waals surface area (Å²) in [5.74, 6) is -2.36. The van der Waals surface area contributed by atoms with Crippen molar-refractivity contribution in [3.63, 3.8) is 0 Å². The Morgan fingerprint density at radius 1 is 1.15 bits per heavy atom. The average Bonchev–Trinajstić information content (AvgIpc) is 3.17. The molecule has 182 valence electrons. The molecule has 7 heteroatoms. The molecule has 1 aromatic heterocycles. The van der Waals surface area contributed by atoms with E-state index in [1.165, 1.54) is 0 Å². The second-order valence-corrected chi connectivity index (χ2v) is 10.3. The summed E-state index contributed by atoms with van der Waals surface area (Å²) in [6.07, 6.45) is 6.20. The van der Waals surface area contributed by atoms with Crippen molar-refractivity contribution in [1.29, 1.82) is 0 Å². The zero-order valence-corrected chi connectivity index (χ0v) is 21.3. The Balaban J connectivity index is 2.32. The van der Waals surface area contributed by atoms with Crippen LogP contribution in [0.1, 0.15) is 64.6 Å². The van der Waals surface area contributed by atoms with Crippen LogP contribution in [0.5, 0.6) is 0 Å². The van der Waals surface area contributed by atoms with Gasteiger partial charge in [0.25, 0.3) is 0 Å². The summed E-state index contributed by atoms with van der Waals surface area (Å²) in [5, 5.41) is 24.1. The number of nitrogens with zero attached hydrogens (tertiary/aromatic N) is 1. The van der Waals surface area contributed by atoms with Crippen LogP contribution in [0, 0.1) is 24.7 Å². The number of aromatic nitrogens is 1. The predicted molar refractivity (Wildman–Crippen MR) is 132 cm³/mol. The van der Waals surface area contributed by atoms with E-state index in [0.717, 1.165) is 21.8 Å². The highest BCUT2D eigenvalue weighted by atomic mass is 32.1. The van der Waals surface area contributed by atoms with Crippen LogP contribution in [0.2, 0.25) is 0 Å². The summed E-state index contributed by atoms with van der Waals surface area (Å²) in [5.41, 5.74) is 2.69. The lowest BCUT2D eigenvalue weighted by molar-refractivity contribution is -0.151. The van der Waals surface area contributed by atoms with Crippen molar-refractivity contribution in [3.8, 4) is 0 Å². The van der Waals surface area contributed by atoms with Crippen LogP contribution < -0.4 is 0 Å². The van der Waals surface area contributed by atoms with Crippen molar-refractivity contribution in [3.05, 3.63) is 45.5 Å². The minimum absolute atomic E-state index is 0.116. The van der Waals surface area contributed by atoms with E-state index < -0.39 is 36.1 Å². The molecule has 6 atom stereocenters. The zero-order chi connectivity index (χ0) is 24.7. The number of hydrogen-bond acceptors (Lipinski definition) is 7. The molecule has 6 nitrogen and oxygen atoms in total. The number of esters is 1. The second kappa shape index (κ2) is 12.4. The number of cyclic esters (lactones) is 1. The standard InChI is InChI=1S/C26H37NO5S/c1-15-8-7-9-16(2)25(30)19(5)26(31)18(4)22(28)13-24(29)32-23(11-10-15)17(3)12-21-14-33-20(6)27-21/h7-8,10,12,14,16,18-19,22-23,25,28,30H,9,11,13H2,1-6H3/b8-7+,15-10-,17-12+/t16-,18?,19-,22-,23-,25?/m0/s1. The first-order valence-corrected chi connectivity index (χ1v) is 12.4. The van der Waals surface area contributed by atoms with Crippen LogP contribution in [-0.4, -0.2) is 45.3 Å². The third-order valence-electron chi connectivity index (χ3n) is 6.28. The summed E-state index contributed by atoms with van der Waals surface area (Å²) >= 11 is 1.55. The van der Waals surface area contributed by atoms with E-state index >= 15 is 0 Å². The monoisotopic (exact) mass is 475 g/mol. The molecule has 1 aliphatic heterocycles. The largest absolute Gasteiger partial charge is 0.457 e. The maximum absolute atomic E-state index is 12.8. The molecule has 1 aliphatic rings. The number of ether oxygens (including phenoxy) is 1. The number of thiazole rings is 1. The van der Waals surface area contributed by atoms with Gasteiger partial charge in [-0.15, -0.1) is 11.3 Å². The summed E-state index contributed by atoms with van der Waals surface area (Å²) in [6, 6.07) is 0. The van der Waals surface area contributed by atoms with Gasteiger partial charge in [-0.25, -0.2) is 4.98 Å². The van der Waals surface area contributed by atoms with Crippen molar-refractivity contribution >= 4 is 29.2 Å². The van der Waals surface area contributed by atoms with Crippen molar-refractivity contribution < 1.29 is 24.5 Å². The summed E-state index contributed by atoms with van der Waals surface area (Å²) < 4.78 is 5.74. The molecule has 0 aliphatic carbocycles. The van der Waals surface area contributed by atoms with Gasteiger partial charge in [-0.1, -0.05) is 44.6 Å². The smallest absolute Gasteiger partial charge is 0.309 e. The molecule has 2 N–H and O–H groups in total. The lowest BCUT2D eigenvalue weighted by Crippen LogP contribution is -2.38. The first-order chi connectivity index (χ1) is 15.5. The lowest BCUT2D eigenvalue weighted by Gasteiger charge is -2.27. The number of allylic oxidation sites excluding steroid dienone is 3. The van der Waals surface area contributed by atoms with Crippen molar-refractivity contribution in [1.82, 2.24) is 4.98 Å². The molecular weight excluding hydrogens is 438 g/mol. The van der Waals surface area contributed by atoms with Crippen molar-refractivity contribution in [2.45, 2.75) is 79.1 Å². The molecule has 2 rings (SSSR count). The van der Waals surface area contributed by atoms with Crippen molar-refractivity contribution in [2.75, 3.05) is 0 Å². The average molecular weight is 476 g/mol. The van der Waals surface area contributed by atoms with Gasteiger partial charge >= 0.3 is 5.97 Å². The number of Topliss-reactive ketones (excluding diaryl/α,β-unsaturated/α-hetero) is 1. The van der Waals surface area contributed by atoms with Gasteiger partial charge in [0.1, 0.15) is 11.9 Å². The zero-order valence-electron chi connectivity index (χ0n) is 20.4. The van der Waals surface area contributed by atoms with E-state index in [9.17, 15) is 19.8 Å². The van der Waals surface area contributed by atoms with Gasteiger partial charge < -0.3 is 14.9 Å². The Morgan fingerprint density at radius 2 is 1.85 bits per heavy atom. The number of aliphatic hydroxyl groups is 2. The van der Waals surface area contributed by atoms with Gasteiger partial charge in [0.15, 0.2) is 0 Å². The van der Waals surface area contributed by atoms with Crippen LogP contribution in [0.3, 0.4) is 0 Å². The molecule has 0 bridgehead atoms. The van der Waals surface area contributed by atoms with Gasteiger partial charge in [-0.3, -0.25) is 9.59 Å². The SMILES string of the molecule is CC1=C/C[C@@H](/C(C)=C/c2csc(C)n2)OC(=O)C[C@H](O)C(C)C(=O)[C@@H](C)C(O)[C@@H](C)C\C=C\1. The van der Waals surface area contributed by atoms with E-state index in [-0.39, 0.29) is 18.1 Å². The van der Waals surface area contributed by atoms with Gasteiger partial charge in [-0.05, 0) is 44.8 Å². The third kappa shape index (κ3) is 8.02. The predicted octanol–water partition coefficient (Wildman–Crippen LogP) is 4.65. The highest BCUT2D eigenvalue weighted by Crippen LogP contribution is 2.24. The Kier molecular flexibility index (Phi) is 10.2. The van der Waals surface area contributed by atoms with Crippen LogP contribution in [0.25, 0.3) is 6.08 Å². The molecule has 33 heavy (non-hydrogen) atoms. The van der Waals surface area contributed by atoms with E-state index in [4.69, 9.17) is 4.74 Å².